The van der Waals surface area contributed by atoms with Gasteiger partial charge in [-0.15, -0.1) is 0 Å². The molecule has 0 spiro atoms. The number of nitrogens with zero attached hydrogens (tertiary/aromatic N) is 3. The Morgan fingerprint density at radius 1 is 1.32 bits per heavy atom. The van der Waals surface area contributed by atoms with Crippen LogP contribution in [0.3, 0.4) is 0 Å². The molecule has 11 heteroatoms. The third-order valence-electron chi connectivity index (χ3n) is 6.26. The van der Waals surface area contributed by atoms with Crippen molar-refractivity contribution in [2.45, 2.75) is 70.9 Å². The first-order valence-electron chi connectivity index (χ1n) is 11.8. The minimum atomic E-state index is -2.86. The molecule has 0 radical (unpaired) electrons. The Balaban J connectivity index is 1.12. The maximum Gasteiger partial charge on any atom is 0.278 e. The Kier molecular flexibility index (Phi) is 8.02. The Bertz CT molecular complexity index is 953. The van der Waals surface area contributed by atoms with Gasteiger partial charge in [-0.05, 0) is 63.1 Å². The Hall–Kier alpha value is -2.27. The quantitative estimate of drug-likeness (QED) is 0.530. The van der Waals surface area contributed by atoms with Crippen LogP contribution in [0, 0.1) is 12.8 Å². The summed E-state index contributed by atoms with van der Waals surface area (Å²) in [7, 11) is 0. The average Bonchev–Trinajstić information content (AvgIpc) is 3.40. The molecular weight excluding hydrogens is 466 g/mol. The summed E-state index contributed by atoms with van der Waals surface area (Å²) in [6.45, 7) is 4.61. The molecule has 2 aromatic rings. The zero-order valence-electron chi connectivity index (χ0n) is 19.6. The lowest BCUT2D eigenvalue weighted by Gasteiger charge is -2.31. The Labute approximate surface area is 202 Å². The highest BCUT2D eigenvalue weighted by Gasteiger charge is 2.27. The van der Waals surface area contributed by atoms with Gasteiger partial charge >= 0.3 is 0 Å². The van der Waals surface area contributed by atoms with E-state index in [2.05, 4.69) is 20.4 Å². The van der Waals surface area contributed by atoms with Gasteiger partial charge in [-0.1, -0.05) is 11.3 Å². The van der Waals surface area contributed by atoms with Crippen LogP contribution in [0.5, 0.6) is 11.1 Å². The molecule has 34 heavy (non-hydrogen) atoms. The van der Waals surface area contributed by atoms with Crippen molar-refractivity contribution < 1.29 is 27.6 Å². The van der Waals surface area contributed by atoms with Crippen molar-refractivity contribution in [1.29, 1.82) is 0 Å². The van der Waals surface area contributed by atoms with Gasteiger partial charge in [0.1, 0.15) is 5.76 Å². The van der Waals surface area contributed by atoms with E-state index in [1.165, 1.54) is 11.3 Å². The van der Waals surface area contributed by atoms with Crippen molar-refractivity contribution in [3.8, 4) is 11.1 Å². The summed E-state index contributed by atoms with van der Waals surface area (Å²) in [6.07, 6.45) is 6.12. The van der Waals surface area contributed by atoms with E-state index in [1.54, 1.807) is 13.0 Å². The molecule has 1 fully saturated rings. The highest BCUT2D eigenvalue weighted by atomic mass is 32.1. The van der Waals surface area contributed by atoms with Crippen LogP contribution in [0.2, 0.25) is 0 Å². The summed E-state index contributed by atoms with van der Waals surface area (Å²) < 4.78 is 41.5. The molecule has 3 heterocycles. The van der Waals surface area contributed by atoms with E-state index in [0.717, 1.165) is 75.7 Å². The molecule has 1 saturated carbocycles. The molecule has 1 aliphatic heterocycles. The van der Waals surface area contributed by atoms with Crippen molar-refractivity contribution in [2.75, 3.05) is 26.3 Å². The van der Waals surface area contributed by atoms with E-state index in [4.69, 9.17) is 14.0 Å². The Morgan fingerprint density at radius 3 is 2.82 bits per heavy atom. The number of carbonyl (C=O) groups excluding carboxylic acids is 1. The number of nitrogens with one attached hydrogen (secondary N) is 1. The molecule has 0 unspecified atom stereocenters. The van der Waals surface area contributed by atoms with Crippen molar-refractivity contribution in [3.63, 3.8) is 0 Å². The van der Waals surface area contributed by atoms with Crippen LogP contribution in [0.4, 0.5) is 8.78 Å². The van der Waals surface area contributed by atoms with Crippen molar-refractivity contribution in [3.05, 3.63) is 22.4 Å². The second-order valence-electron chi connectivity index (χ2n) is 9.37. The zero-order valence-corrected chi connectivity index (χ0v) is 20.5. The number of halogens is 2. The predicted molar refractivity (Wildman–Crippen MR) is 122 cm³/mol. The minimum absolute atomic E-state index is 0.0624. The van der Waals surface area contributed by atoms with Gasteiger partial charge in [-0.2, -0.15) is 0 Å². The number of thiazole rings is 1. The second kappa shape index (κ2) is 11.0. The molecule has 8 nitrogen and oxygen atoms in total. The third kappa shape index (κ3) is 7.36. The van der Waals surface area contributed by atoms with Crippen LogP contribution in [0.25, 0.3) is 0 Å². The number of fused-ring (bicyclic) bond motifs is 1. The highest BCUT2D eigenvalue weighted by molar-refractivity contribution is 7.13. The first kappa shape index (κ1) is 24.8. The first-order valence-corrected chi connectivity index (χ1v) is 12.6. The molecule has 188 valence electrons. The number of aryl methyl sites for hydroxylation is 1. The van der Waals surface area contributed by atoms with Gasteiger partial charge in [0.2, 0.25) is 0 Å². The van der Waals surface area contributed by atoms with Gasteiger partial charge in [-0.3, -0.25) is 9.69 Å². The molecule has 0 aromatic carbocycles. The fourth-order valence-electron chi connectivity index (χ4n) is 4.45. The molecule has 2 aliphatic rings. The van der Waals surface area contributed by atoms with Crippen molar-refractivity contribution in [2.24, 2.45) is 5.92 Å². The largest absolute Gasteiger partial charge is 0.465 e. The number of amides is 1. The molecular formula is C23H32F2N4O4S. The van der Waals surface area contributed by atoms with Crippen molar-refractivity contribution in [1.82, 2.24) is 20.4 Å². The molecule has 0 bridgehead atoms. The maximum atomic E-state index is 13.0. The molecule has 1 N–H and O–H groups in total. The Morgan fingerprint density at radius 2 is 2.12 bits per heavy atom. The van der Waals surface area contributed by atoms with E-state index in [9.17, 15) is 13.6 Å². The lowest BCUT2D eigenvalue weighted by molar-refractivity contribution is -0.124. The fraction of sp³-hybridized carbons (Fsp3) is 0.696. The van der Waals surface area contributed by atoms with Gasteiger partial charge < -0.3 is 19.3 Å². The summed E-state index contributed by atoms with van der Waals surface area (Å²) in [5, 5.41) is 7.12. The standard InChI is InChI=1S/C23H32F2N4O4S/c1-15-11-21(28-33-15)31-13-20(30)26-17-5-3-16(4-6-17)7-9-29-10-8-19-18(12-29)27-22(34-19)32-14-23(2,24)25/h11,16-17H,3-10,12-14H2,1-2H3,(H,26,30). The fourth-order valence-corrected chi connectivity index (χ4v) is 5.36. The second-order valence-corrected chi connectivity index (χ2v) is 10.4. The number of carbonyl (C=O) groups is 1. The minimum Gasteiger partial charge on any atom is -0.465 e. The number of hydrogen-bond donors (Lipinski definition) is 1. The van der Waals surface area contributed by atoms with E-state index in [-0.39, 0.29) is 18.6 Å². The number of hydrogen-bond acceptors (Lipinski definition) is 8. The van der Waals surface area contributed by atoms with Gasteiger partial charge in [0.25, 0.3) is 22.9 Å². The predicted octanol–water partition coefficient (Wildman–Crippen LogP) is 3.98. The van der Waals surface area contributed by atoms with Gasteiger partial charge in [0, 0.05) is 37.0 Å². The van der Waals surface area contributed by atoms with Gasteiger partial charge in [0.05, 0.1) is 5.69 Å². The number of alkyl halides is 2. The van der Waals surface area contributed by atoms with Crippen LogP contribution in [0.15, 0.2) is 10.6 Å². The molecule has 4 rings (SSSR count). The molecule has 2 aromatic heterocycles. The van der Waals surface area contributed by atoms with Crippen molar-refractivity contribution >= 4 is 17.2 Å². The van der Waals surface area contributed by atoms with Crippen LogP contribution in [-0.4, -0.2) is 59.2 Å². The third-order valence-corrected chi connectivity index (χ3v) is 7.33. The smallest absolute Gasteiger partial charge is 0.278 e. The summed E-state index contributed by atoms with van der Waals surface area (Å²) >= 11 is 1.39. The van der Waals surface area contributed by atoms with Gasteiger partial charge in [0.15, 0.2) is 13.2 Å². The van der Waals surface area contributed by atoms with E-state index >= 15 is 0 Å². The highest BCUT2D eigenvalue weighted by Crippen LogP contribution is 2.32. The summed E-state index contributed by atoms with van der Waals surface area (Å²) in [5.41, 5.74) is 0.958. The lowest BCUT2D eigenvalue weighted by Crippen LogP contribution is -2.40. The number of ether oxygens (including phenoxy) is 2. The number of rotatable bonds is 10. The number of aromatic nitrogens is 2. The van der Waals surface area contributed by atoms with Gasteiger partial charge in [-0.25, -0.2) is 13.8 Å². The van der Waals surface area contributed by atoms with E-state index in [0.29, 0.717) is 22.8 Å². The lowest BCUT2D eigenvalue weighted by atomic mass is 9.84. The monoisotopic (exact) mass is 498 g/mol. The molecule has 0 saturated heterocycles. The summed E-state index contributed by atoms with van der Waals surface area (Å²) in [5.74, 6) is -1.38. The first-order chi connectivity index (χ1) is 16.2. The van der Waals surface area contributed by atoms with Crippen LogP contribution >= 0.6 is 11.3 Å². The molecule has 0 atom stereocenters. The summed E-state index contributed by atoms with van der Waals surface area (Å²) in [4.78, 5) is 20.1. The topological polar surface area (TPSA) is 89.7 Å². The maximum absolute atomic E-state index is 13.0. The van der Waals surface area contributed by atoms with Crippen LogP contribution < -0.4 is 14.8 Å². The average molecular weight is 499 g/mol. The van der Waals surface area contributed by atoms with Crippen LogP contribution in [0.1, 0.15) is 55.4 Å². The summed E-state index contributed by atoms with van der Waals surface area (Å²) in [6, 6.07) is 1.84. The zero-order chi connectivity index (χ0) is 24.1. The molecule has 1 aliphatic carbocycles. The normalized spacial score (nSPS) is 21.2. The SMILES string of the molecule is Cc1cc(OCC(=O)NC2CCC(CCN3CCc4sc(OCC(C)(F)F)nc4C3)CC2)no1. The van der Waals surface area contributed by atoms with Crippen LogP contribution in [-0.2, 0) is 17.8 Å². The van der Waals surface area contributed by atoms with E-state index in [1.807, 2.05) is 0 Å². The molecule has 1 amide bonds. The van der Waals surface area contributed by atoms with E-state index < -0.39 is 12.5 Å².